The van der Waals surface area contributed by atoms with Crippen molar-refractivity contribution in [2.45, 2.75) is 45.4 Å². The molecule has 0 unspecified atom stereocenters. The van der Waals surface area contributed by atoms with E-state index < -0.39 is 0 Å². The number of carbonyl (C=O) groups excluding carboxylic acids is 1. The van der Waals surface area contributed by atoms with Gasteiger partial charge in [-0.15, -0.1) is 0 Å². The van der Waals surface area contributed by atoms with Gasteiger partial charge < -0.3 is 4.90 Å². The number of benzene rings is 1. The fourth-order valence-electron chi connectivity index (χ4n) is 2.85. The summed E-state index contributed by atoms with van der Waals surface area (Å²) in [7, 11) is 0. The zero-order valence-corrected chi connectivity index (χ0v) is 12.0. The number of nitrogens with zero attached hydrogens (tertiary/aromatic N) is 1. The van der Waals surface area contributed by atoms with Crippen molar-refractivity contribution >= 4 is 5.91 Å². The SMILES string of the molecule is CCCCC1CCN(C(=O)Cc2ccccc2)CC1. The van der Waals surface area contributed by atoms with E-state index in [9.17, 15) is 4.79 Å². The Hall–Kier alpha value is -1.31. The van der Waals surface area contributed by atoms with Gasteiger partial charge in [-0.1, -0.05) is 56.5 Å². The highest BCUT2D eigenvalue weighted by Gasteiger charge is 2.22. The van der Waals surface area contributed by atoms with Gasteiger partial charge in [-0.05, 0) is 24.3 Å². The molecule has 0 N–H and O–H groups in total. The lowest BCUT2D eigenvalue weighted by atomic mass is 9.91. The number of unbranched alkanes of at least 4 members (excludes halogenated alkanes) is 1. The molecule has 2 nitrogen and oxygen atoms in total. The number of hydrogen-bond acceptors (Lipinski definition) is 1. The van der Waals surface area contributed by atoms with Crippen LogP contribution < -0.4 is 0 Å². The Morgan fingerprint density at radius 2 is 1.89 bits per heavy atom. The Kier molecular flexibility index (Phi) is 5.44. The molecule has 1 aromatic carbocycles. The molecular formula is C17H25NO. The fraction of sp³-hybridized carbons (Fsp3) is 0.588. The van der Waals surface area contributed by atoms with Crippen molar-refractivity contribution in [1.82, 2.24) is 4.90 Å². The van der Waals surface area contributed by atoms with Gasteiger partial charge in [0.25, 0.3) is 0 Å². The summed E-state index contributed by atoms with van der Waals surface area (Å²) >= 11 is 0. The first-order valence-corrected chi connectivity index (χ1v) is 7.61. The molecule has 1 aliphatic rings. The van der Waals surface area contributed by atoms with Crippen molar-refractivity contribution in [3.8, 4) is 0 Å². The maximum absolute atomic E-state index is 12.2. The highest BCUT2D eigenvalue weighted by Crippen LogP contribution is 2.22. The molecule has 0 aromatic heterocycles. The molecule has 19 heavy (non-hydrogen) atoms. The third-order valence-corrected chi connectivity index (χ3v) is 4.13. The van der Waals surface area contributed by atoms with Crippen LogP contribution in [0.2, 0.25) is 0 Å². The van der Waals surface area contributed by atoms with Crippen molar-refractivity contribution in [2.24, 2.45) is 5.92 Å². The molecule has 0 radical (unpaired) electrons. The average Bonchev–Trinajstić information content (AvgIpc) is 2.46. The monoisotopic (exact) mass is 259 g/mol. The van der Waals surface area contributed by atoms with Crippen LogP contribution in [0.25, 0.3) is 0 Å². The van der Waals surface area contributed by atoms with Crippen LogP contribution in [0.1, 0.15) is 44.6 Å². The molecular weight excluding hydrogens is 234 g/mol. The molecule has 1 fully saturated rings. The first-order valence-electron chi connectivity index (χ1n) is 7.61. The summed E-state index contributed by atoms with van der Waals surface area (Å²) in [5, 5.41) is 0. The van der Waals surface area contributed by atoms with Gasteiger partial charge in [0.05, 0.1) is 6.42 Å². The number of rotatable bonds is 5. The van der Waals surface area contributed by atoms with Crippen LogP contribution in [0, 0.1) is 5.92 Å². The van der Waals surface area contributed by atoms with Crippen molar-refractivity contribution in [3.05, 3.63) is 35.9 Å². The molecule has 1 saturated heterocycles. The smallest absolute Gasteiger partial charge is 0.226 e. The number of likely N-dealkylation sites (tertiary alicyclic amines) is 1. The average molecular weight is 259 g/mol. The van der Waals surface area contributed by atoms with Crippen molar-refractivity contribution in [3.63, 3.8) is 0 Å². The van der Waals surface area contributed by atoms with E-state index in [4.69, 9.17) is 0 Å². The van der Waals surface area contributed by atoms with Gasteiger partial charge in [0, 0.05) is 13.1 Å². The van der Waals surface area contributed by atoms with Crippen LogP contribution in [-0.4, -0.2) is 23.9 Å². The normalized spacial score (nSPS) is 16.6. The lowest BCUT2D eigenvalue weighted by Gasteiger charge is -2.32. The molecule has 0 atom stereocenters. The molecule has 1 heterocycles. The molecule has 0 saturated carbocycles. The van der Waals surface area contributed by atoms with Crippen LogP contribution in [0.3, 0.4) is 0 Å². The minimum Gasteiger partial charge on any atom is -0.342 e. The number of amides is 1. The predicted molar refractivity (Wildman–Crippen MR) is 79.0 cm³/mol. The largest absolute Gasteiger partial charge is 0.342 e. The number of piperidine rings is 1. The molecule has 2 heteroatoms. The van der Waals surface area contributed by atoms with Gasteiger partial charge in [0.1, 0.15) is 0 Å². The van der Waals surface area contributed by atoms with Gasteiger partial charge in [0.15, 0.2) is 0 Å². The summed E-state index contributed by atoms with van der Waals surface area (Å²) in [6, 6.07) is 10.1. The zero-order chi connectivity index (χ0) is 13.5. The molecule has 104 valence electrons. The lowest BCUT2D eigenvalue weighted by Crippen LogP contribution is -2.39. The maximum Gasteiger partial charge on any atom is 0.226 e. The second kappa shape index (κ2) is 7.32. The van der Waals surface area contributed by atoms with E-state index in [1.807, 2.05) is 30.3 Å². The second-order valence-corrected chi connectivity index (χ2v) is 5.63. The van der Waals surface area contributed by atoms with Crippen LogP contribution in [0.4, 0.5) is 0 Å². The molecule has 1 aromatic rings. The van der Waals surface area contributed by atoms with Gasteiger partial charge in [-0.25, -0.2) is 0 Å². The van der Waals surface area contributed by atoms with Crippen LogP contribution in [0.15, 0.2) is 30.3 Å². The van der Waals surface area contributed by atoms with Crippen LogP contribution >= 0.6 is 0 Å². The molecule has 0 aliphatic carbocycles. The Bertz CT molecular complexity index is 380. The van der Waals surface area contributed by atoms with E-state index in [1.54, 1.807) is 0 Å². The Balaban J connectivity index is 1.76. The Morgan fingerprint density at radius 1 is 1.21 bits per heavy atom. The minimum atomic E-state index is 0.292. The first kappa shape index (κ1) is 14.1. The summed E-state index contributed by atoms with van der Waals surface area (Å²) in [4.78, 5) is 14.3. The number of carbonyl (C=O) groups is 1. The highest BCUT2D eigenvalue weighted by molar-refractivity contribution is 5.78. The molecule has 0 spiro atoms. The highest BCUT2D eigenvalue weighted by atomic mass is 16.2. The van der Waals surface area contributed by atoms with Crippen molar-refractivity contribution in [2.75, 3.05) is 13.1 Å². The fourth-order valence-corrected chi connectivity index (χ4v) is 2.85. The van der Waals surface area contributed by atoms with Crippen LogP contribution in [-0.2, 0) is 11.2 Å². The number of hydrogen-bond donors (Lipinski definition) is 0. The van der Waals surface area contributed by atoms with Gasteiger partial charge in [0.2, 0.25) is 5.91 Å². The molecule has 1 amide bonds. The Labute approximate surface area is 116 Å². The van der Waals surface area contributed by atoms with E-state index in [2.05, 4.69) is 11.8 Å². The van der Waals surface area contributed by atoms with Gasteiger partial charge in [-0.2, -0.15) is 0 Å². The second-order valence-electron chi connectivity index (χ2n) is 5.63. The summed E-state index contributed by atoms with van der Waals surface area (Å²) in [6.07, 6.45) is 6.91. The first-order chi connectivity index (χ1) is 9.29. The van der Waals surface area contributed by atoms with E-state index in [1.165, 1.54) is 32.1 Å². The van der Waals surface area contributed by atoms with Crippen LogP contribution in [0.5, 0.6) is 0 Å². The predicted octanol–water partition coefficient (Wildman–Crippen LogP) is 3.66. The van der Waals surface area contributed by atoms with E-state index >= 15 is 0 Å². The summed E-state index contributed by atoms with van der Waals surface area (Å²) < 4.78 is 0. The molecule has 1 aliphatic heterocycles. The minimum absolute atomic E-state index is 0.292. The summed E-state index contributed by atoms with van der Waals surface area (Å²) in [6.45, 7) is 4.17. The standard InChI is InChI=1S/C17H25NO/c1-2-3-7-15-10-12-18(13-11-15)17(19)14-16-8-5-4-6-9-16/h4-6,8-9,15H,2-3,7,10-14H2,1H3. The summed E-state index contributed by atoms with van der Waals surface area (Å²) in [5.74, 6) is 1.14. The lowest BCUT2D eigenvalue weighted by molar-refractivity contribution is -0.131. The topological polar surface area (TPSA) is 20.3 Å². The zero-order valence-electron chi connectivity index (χ0n) is 12.0. The molecule has 2 rings (SSSR count). The third kappa shape index (κ3) is 4.38. The van der Waals surface area contributed by atoms with E-state index in [0.717, 1.165) is 24.6 Å². The summed E-state index contributed by atoms with van der Waals surface area (Å²) in [5.41, 5.74) is 1.13. The van der Waals surface area contributed by atoms with Crippen molar-refractivity contribution < 1.29 is 4.79 Å². The van der Waals surface area contributed by atoms with Crippen molar-refractivity contribution in [1.29, 1.82) is 0 Å². The van der Waals surface area contributed by atoms with E-state index in [-0.39, 0.29) is 0 Å². The van der Waals surface area contributed by atoms with E-state index in [0.29, 0.717) is 12.3 Å². The molecule has 0 bridgehead atoms. The quantitative estimate of drug-likeness (QED) is 0.790. The third-order valence-electron chi connectivity index (χ3n) is 4.13. The maximum atomic E-state index is 12.2. The van der Waals surface area contributed by atoms with Gasteiger partial charge in [-0.3, -0.25) is 4.79 Å². The Morgan fingerprint density at radius 3 is 2.53 bits per heavy atom. The van der Waals surface area contributed by atoms with Gasteiger partial charge >= 0.3 is 0 Å².